The van der Waals surface area contributed by atoms with Gasteiger partial charge in [-0.15, -0.1) is 0 Å². The molecule has 0 saturated carbocycles. The predicted octanol–water partition coefficient (Wildman–Crippen LogP) is 2.30. The van der Waals surface area contributed by atoms with E-state index in [0.29, 0.717) is 6.42 Å². The Labute approximate surface area is 172 Å². The molecule has 0 bridgehead atoms. The molecule has 0 aliphatic carbocycles. The fourth-order valence-electron chi connectivity index (χ4n) is 3.96. The summed E-state index contributed by atoms with van der Waals surface area (Å²) in [6, 6.07) is 16.2. The van der Waals surface area contributed by atoms with Crippen molar-refractivity contribution in [3.63, 3.8) is 0 Å². The monoisotopic (exact) mass is 394 g/mol. The molecular formula is C23H30N4O2. The normalized spacial score (nSPS) is 17.8. The summed E-state index contributed by atoms with van der Waals surface area (Å²) in [5.74, 6) is -0.398. The number of hydrogen-bond donors (Lipinski definition) is 2. The lowest BCUT2D eigenvalue weighted by molar-refractivity contribution is -0.123. The first-order valence-electron chi connectivity index (χ1n) is 10.1. The molecule has 0 aromatic heterocycles. The van der Waals surface area contributed by atoms with Gasteiger partial charge in [-0.3, -0.25) is 19.4 Å². The van der Waals surface area contributed by atoms with Gasteiger partial charge in [-0.05, 0) is 30.5 Å². The number of primary amides is 1. The van der Waals surface area contributed by atoms with E-state index in [1.165, 1.54) is 5.56 Å². The molecule has 1 fully saturated rings. The second kappa shape index (κ2) is 9.67. The van der Waals surface area contributed by atoms with Crippen LogP contribution in [0, 0.1) is 13.8 Å². The molecule has 1 atom stereocenters. The highest BCUT2D eigenvalue weighted by Gasteiger charge is 2.29. The number of anilines is 1. The summed E-state index contributed by atoms with van der Waals surface area (Å²) in [5.41, 5.74) is 9.65. The van der Waals surface area contributed by atoms with Crippen LogP contribution >= 0.6 is 0 Å². The standard InChI is InChI=1S/C23H30N4O2/c1-17-7-6-8-18(2)23(17)25-22(29)13-20-15-26(11-12-27(20)16-21(24)28)14-19-9-4-3-5-10-19/h3-10,20H,11-16H2,1-2H3,(H2,24,28)(H,25,29). The number of aryl methyl sites for hydroxylation is 2. The SMILES string of the molecule is Cc1cccc(C)c1NC(=O)CC1CN(Cc2ccccc2)CCN1CC(N)=O. The Hall–Kier alpha value is -2.70. The Bertz CT molecular complexity index is 833. The van der Waals surface area contributed by atoms with Gasteiger partial charge in [-0.2, -0.15) is 0 Å². The van der Waals surface area contributed by atoms with Crippen LogP contribution in [0.3, 0.4) is 0 Å². The molecule has 1 aliphatic heterocycles. The van der Waals surface area contributed by atoms with Crippen molar-refractivity contribution in [2.75, 3.05) is 31.5 Å². The maximum atomic E-state index is 12.8. The summed E-state index contributed by atoms with van der Waals surface area (Å²) in [4.78, 5) is 28.7. The van der Waals surface area contributed by atoms with E-state index in [1.54, 1.807) is 0 Å². The molecule has 6 heteroatoms. The first-order valence-corrected chi connectivity index (χ1v) is 10.1. The maximum Gasteiger partial charge on any atom is 0.231 e. The molecule has 154 valence electrons. The van der Waals surface area contributed by atoms with Crippen LogP contribution in [0.4, 0.5) is 5.69 Å². The minimum atomic E-state index is -0.360. The largest absolute Gasteiger partial charge is 0.369 e. The van der Waals surface area contributed by atoms with Gasteiger partial charge < -0.3 is 11.1 Å². The summed E-state index contributed by atoms with van der Waals surface area (Å²) in [6.45, 7) is 7.28. The Kier molecular flexibility index (Phi) is 7.01. The first kappa shape index (κ1) is 21.0. The summed E-state index contributed by atoms with van der Waals surface area (Å²) >= 11 is 0. The molecule has 1 aliphatic rings. The van der Waals surface area contributed by atoms with E-state index < -0.39 is 0 Å². The van der Waals surface area contributed by atoms with Gasteiger partial charge in [-0.1, -0.05) is 48.5 Å². The predicted molar refractivity (Wildman–Crippen MR) is 115 cm³/mol. The van der Waals surface area contributed by atoms with Crippen LogP contribution in [0.2, 0.25) is 0 Å². The van der Waals surface area contributed by atoms with E-state index in [9.17, 15) is 9.59 Å². The zero-order valence-corrected chi connectivity index (χ0v) is 17.2. The molecule has 3 rings (SSSR count). The molecule has 1 heterocycles. The van der Waals surface area contributed by atoms with Crippen molar-refractivity contribution in [3.8, 4) is 0 Å². The fraction of sp³-hybridized carbons (Fsp3) is 0.391. The van der Waals surface area contributed by atoms with Crippen molar-refractivity contribution in [2.24, 2.45) is 5.73 Å². The van der Waals surface area contributed by atoms with Gasteiger partial charge in [0, 0.05) is 44.3 Å². The van der Waals surface area contributed by atoms with E-state index in [2.05, 4.69) is 22.3 Å². The summed E-state index contributed by atoms with van der Waals surface area (Å²) in [5, 5.41) is 3.06. The lowest BCUT2D eigenvalue weighted by atomic mass is 10.1. The van der Waals surface area contributed by atoms with Crippen LogP contribution < -0.4 is 11.1 Å². The van der Waals surface area contributed by atoms with Crippen molar-refractivity contribution < 1.29 is 9.59 Å². The van der Waals surface area contributed by atoms with Crippen LogP contribution in [-0.2, 0) is 16.1 Å². The number of hydrogen-bond acceptors (Lipinski definition) is 4. The van der Waals surface area contributed by atoms with E-state index in [1.807, 2.05) is 55.1 Å². The number of benzene rings is 2. The van der Waals surface area contributed by atoms with E-state index in [0.717, 1.165) is 43.0 Å². The number of carbonyl (C=O) groups is 2. The number of nitrogens with one attached hydrogen (secondary N) is 1. The Balaban J connectivity index is 1.67. The molecule has 1 saturated heterocycles. The number of para-hydroxylation sites is 1. The van der Waals surface area contributed by atoms with Gasteiger partial charge in [0.1, 0.15) is 0 Å². The molecule has 29 heavy (non-hydrogen) atoms. The van der Waals surface area contributed by atoms with Crippen LogP contribution in [0.1, 0.15) is 23.1 Å². The van der Waals surface area contributed by atoms with Gasteiger partial charge in [0.05, 0.1) is 6.54 Å². The van der Waals surface area contributed by atoms with Crippen molar-refractivity contribution in [3.05, 3.63) is 65.2 Å². The number of amides is 2. The van der Waals surface area contributed by atoms with Gasteiger partial charge in [-0.25, -0.2) is 0 Å². The van der Waals surface area contributed by atoms with Crippen LogP contribution in [0.25, 0.3) is 0 Å². The molecule has 3 N–H and O–H groups in total. The number of nitrogens with two attached hydrogens (primary N) is 1. The Morgan fingerprint density at radius 2 is 1.72 bits per heavy atom. The highest BCUT2D eigenvalue weighted by atomic mass is 16.2. The van der Waals surface area contributed by atoms with E-state index in [4.69, 9.17) is 5.73 Å². The van der Waals surface area contributed by atoms with Crippen LogP contribution in [0.5, 0.6) is 0 Å². The third-order valence-electron chi connectivity index (χ3n) is 5.46. The fourth-order valence-corrected chi connectivity index (χ4v) is 3.96. The Morgan fingerprint density at radius 3 is 2.38 bits per heavy atom. The third-order valence-corrected chi connectivity index (χ3v) is 5.46. The second-order valence-corrected chi connectivity index (χ2v) is 7.83. The highest BCUT2D eigenvalue weighted by Crippen LogP contribution is 2.21. The number of rotatable bonds is 7. The van der Waals surface area contributed by atoms with Gasteiger partial charge >= 0.3 is 0 Å². The zero-order chi connectivity index (χ0) is 20.8. The molecule has 0 radical (unpaired) electrons. The molecular weight excluding hydrogens is 364 g/mol. The van der Waals surface area contributed by atoms with E-state index >= 15 is 0 Å². The smallest absolute Gasteiger partial charge is 0.231 e. The van der Waals surface area contributed by atoms with Crippen molar-refractivity contribution in [2.45, 2.75) is 32.9 Å². The summed E-state index contributed by atoms with van der Waals surface area (Å²) < 4.78 is 0. The maximum absolute atomic E-state index is 12.8. The van der Waals surface area contributed by atoms with Gasteiger partial charge in [0.15, 0.2) is 0 Å². The van der Waals surface area contributed by atoms with Crippen LogP contribution in [0.15, 0.2) is 48.5 Å². The van der Waals surface area contributed by atoms with Crippen molar-refractivity contribution in [1.29, 1.82) is 0 Å². The molecule has 1 unspecified atom stereocenters. The van der Waals surface area contributed by atoms with Crippen LogP contribution in [-0.4, -0.2) is 53.8 Å². The highest BCUT2D eigenvalue weighted by molar-refractivity contribution is 5.92. The lowest BCUT2D eigenvalue weighted by Crippen LogP contribution is -2.55. The molecule has 2 aromatic carbocycles. The average molecular weight is 395 g/mol. The van der Waals surface area contributed by atoms with Crippen molar-refractivity contribution in [1.82, 2.24) is 9.80 Å². The first-order chi connectivity index (χ1) is 13.9. The molecule has 6 nitrogen and oxygen atoms in total. The minimum absolute atomic E-state index is 0.0385. The zero-order valence-electron chi connectivity index (χ0n) is 17.2. The molecule has 2 amide bonds. The number of nitrogens with zero attached hydrogens (tertiary/aromatic N) is 2. The minimum Gasteiger partial charge on any atom is -0.369 e. The second-order valence-electron chi connectivity index (χ2n) is 7.83. The number of piperazine rings is 1. The van der Waals surface area contributed by atoms with Gasteiger partial charge in [0.25, 0.3) is 0 Å². The lowest BCUT2D eigenvalue weighted by Gasteiger charge is -2.40. The average Bonchev–Trinajstić information content (AvgIpc) is 2.67. The topological polar surface area (TPSA) is 78.7 Å². The summed E-state index contributed by atoms with van der Waals surface area (Å²) in [7, 11) is 0. The quantitative estimate of drug-likeness (QED) is 0.755. The van der Waals surface area contributed by atoms with E-state index in [-0.39, 0.29) is 24.4 Å². The Morgan fingerprint density at radius 1 is 1.03 bits per heavy atom. The number of carbonyl (C=O) groups excluding carboxylic acids is 2. The molecule has 2 aromatic rings. The summed E-state index contributed by atoms with van der Waals surface area (Å²) in [6.07, 6.45) is 0.326. The third kappa shape index (κ3) is 5.89. The molecule has 0 spiro atoms. The van der Waals surface area contributed by atoms with Crippen molar-refractivity contribution >= 4 is 17.5 Å². The van der Waals surface area contributed by atoms with Gasteiger partial charge in [0.2, 0.25) is 11.8 Å².